The van der Waals surface area contributed by atoms with Gasteiger partial charge in [-0.15, -0.1) is 0 Å². The number of carboxylic acid groups (broad SMARTS) is 1. The second-order valence-corrected chi connectivity index (χ2v) is 4.34. The van der Waals surface area contributed by atoms with E-state index in [1.165, 1.54) is 6.26 Å². The number of carbonyl (C=O) groups is 2. The fourth-order valence-corrected chi connectivity index (χ4v) is 2.03. The van der Waals surface area contributed by atoms with Crippen LogP contribution in [0.3, 0.4) is 0 Å². The van der Waals surface area contributed by atoms with E-state index in [9.17, 15) is 9.59 Å². The van der Waals surface area contributed by atoms with Gasteiger partial charge in [0.15, 0.2) is 5.69 Å². The summed E-state index contributed by atoms with van der Waals surface area (Å²) >= 11 is 0. The first-order valence-electron chi connectivity index (χ1n) is 6.22. The Hall–Kier alpha value is -2.05. The van der Waals surface area contributed by atoms with Crippen LogP contribution in [0, 0.1) is 5.92 Å². The lowest BCUT2D eigenvalue weighted by atomic mass is 9.97. The first-order chi connectivity index (χ1) is 9.11. The standard InChI is InChI=1S/C12H16N2O5/c1-2-18-11(17)9-7-19-12(13-9)14-5-3-8(4-6-14)10(15)16/h7-8H,2-6H2,1H3,(H,15,16). The molecule has 0 aromatic carbocycles. The zero-order chi connectivity index (χ0) is 13.8. The number of piperidine rings is 1. The number of nitrogens with zero attached hydrogens (tertiary/aromatic N) is 2. The summed E-state index contributed by atoms with van der Waals surface area (Å²) in [5, 5.41) is 8.91. The Balaban J connectivity index is 1.97. The highest BCUT2D eigenvalue weighted by molar-refractivity contribution is 5.87. The second-order valence-electron chi connectivity index (χ2n) is 4.34. The maximum atomic E-state index is 11.4. The second kappa shape index (κ2) is 5.73. The van der Waals surface area contributed by atoms with Crippen LogP contribution < -0.4 is 4.90 Å². The molecule has 0 atom stereocenters. The number of rotatable bonds is 4. The van der Waals surface area contributed by atoms with E-state index in [0.717, 1.165) is 0 Å². The molecule has 7 heteroatoms. The summed E-state index contributed by atoms with van der Waals surface area (Å²) in [6.45, 7) is 3.11. The Labute approximate surface area is 110 Å². The van der Waals surface area contributed by atoms with E-state index in [0.29, 0.717) is 31.9 Å². The summed E-state index contributed by atoms with van der Waals surface area (Å²) in [5.74, 6) is -1.59. The Bertz CT molecular complexity index is 462. The third-order valence-corrected chi connectivity index (χ3v) is 3.09. The summed E-state index contributed by atoms with van der Waals surface area (Å²) in [7, 11) is 0. The highest BCUT2D eigenvalue weighted by atomic mass is 16.5. The third kappa shape index (κ3) is 3.04. The van der Waals surface area contributed by atoms with Crippen LogP contribution in [-0.2, 0) is 9.53 Å². The molecule has 1 aromatic heterocycles. The van der Waals surface area contributed by atoms with Crippen molar-refractivity contribution in [3.05, 3.63) is 12.0 Å². The van der Waals surface area contributed by atoms with Gasteiger partial charge in [0.25, 0.3) is 6.01 Å². The number of hydrogen-bond acceptors (Lipinski definition) is 6. The van der Waals surface area contributed by atoms with Crippen LogP contribution in [0.5, 0.6) is 0 Å². The fraction of sp³-hybridized carbons (Fsp3) is 0.583. The van der Waals surface area contributed by atoms with Gasteiger partial charge in [-0.05, 0) is 19.8 Å². The zero-order valence-electron chi connectivity index (χ0n) is 10.7. The fourth-order valence-electron chi connectivity index (χ4n) is 2.03. The molecule has 7 nitrogen and oxygen atoms in total. The van der Waals surface area contributed by atoms with Crippen molar-refractivity contribution in [3.63, 3.8) is 0 Å². The molecule has 2 heterocycles. The Morgan fingerprint density at radius 1 is 1.53 bits per heavy atom. The summed E-state index contributed by atoms with van der Waals surface area (Å²) < 4.78 is 10.1. The number of hydrogen-bond donors (Lipinski definition) is 1. The molecule has 0 saturated carbocycles. The first kappa shape index (κ1) is 13.4. The number of aromatic nitrogens is 1. The van der Waals surface area contributed by atoms with Crippen molar-refractivity contribution in [2.45, 2.75) is 19.8 Å². The summed E-state index contributed by atoms with van der Waals surface area (Å²) in [6.07, 6.45) is 2.36. The van der Waals surface area contributed by atoms with Gasteiger partial charge in [0.1, 0.15) is 6.26 Å². The molecule has 19 heavy (non-hydrogen) atoms. The molecule has 0 radical (unpaired) electrons. The zero-order valence-corrected chi connectivity index (χ0v) is 10.7. The van der Waals surface area contributed by atoms with Crippen LogP contribution in [0.4, 0.5) is 6.01 Å². The van der Waals surface area contributed by atoms with Gasteiger partial charge in [-0.25, -0.2) is 4.79 Å². The maximum Gasteiger partial charge on any atom is 0.360 e. The lowest BCUT2D eigenvalue weighted by molar-refractivity contribution is -0.142. The number of carbonyl (C=O) groups excluding carboxylic acids is 1. The first-order valence-corrected chi connectivity index (χ1v) is 6.22. The minimum Gasteiger partial charge on any atom is -0.481 e. The molecule has 0 spiro atoms. The van der Waals surface area contributed by atoms with Gasteiger partial charge in [-0.1, -0.05) is 0 Å². The summed E-state index contributed by atoms with van der Waals surface area (Å²) in [4.78, 5) is 28.2. The molecule has 0 amide bonds. The molecule has 1 aromatic rings. The predicted octanol–water partition coefficient (Wildman–Crippen LogP) is 1.15. The van der Waals surface area contributed by atoms with Crippen molar-refractivity contribution in [1.82, 2.24) is 4.98 Å². The van der Waals surface area contributed by atoms with E-state index in [1.54, 1.807) is 6.92 Å². The minimum atomic E-state index is -0.765. The smallest absolute Gasteiger partial charge is 0.360 e. The van der Waals surface area contributed by atoms with Gasteiger partial charge < -0.3 is 19.2 Å². The molecular formula is C12H16N2O5. The van der Waals surface area contributed by atoms with E-state index in [4.69, 9.17) is 14.3 Å². The molecule has 1 N–H and O–H groups in total. The van der Waals surface area contributed by atoms with Gasteiger partial charge >= 0.3 is 11.9 Å². The topological polar surface area (TPSA) is 92.9 Å². The number of anilines is 1. The quantitative estimate of drug-likeness (QED) is 0.819. The molecule has 2 rings (SSSR count). The van der Waals surface area contributed by atoms with Crippen molar-refractivity contribution in [3.8, 4) is 0 Å². The van der Waals surface area contributed by atoms with Gasteiger partial charge in [-0.2, -0.15) is 4.98 Å². The van der Waals surface area contributed by atoms with Crippen LogP contribution in [-0.4, -0.2) is 41.7 Å². The minimum absolute atomic E-state index is 0.136. The summed E-state index contributed by atoms with van der Waals surface area (Å²) in [5.41, 5.74) is 0.136. The molecule has 0 aliphatic carbocycles. The van der Waals surface area contributed by atoms with Crippen molar-refractivity contribution < 1.29 is 23.8 Å². The molecule has 104 valence electrons. The van der Waals surface area contributed by atoms with Crippen molar-refractivity contribution in [2.75, 3.05) is 24.6 Å². The number of ether oxygens (including phenoxy) is 1. The van der Waals surface area contributed by atoms with Gasteiger partial charge in [0.05, 0.1) is 12.5 Å². The normalized spacial score (nSPS) is 16.4. The van der Waals surface area contributed by atoms with Crippen molar-refractivity contribution in [2.24, 2.45) is 5.92 Å². The van der Waals surface area contributed by atoms with E-state index >= 15 is 0 Å². The average Bonchev–Trinajstić information content (AvgIpc) is 2.89. The highest BCUT2D eigenvalue weighted by Crippen LogP contribution is 2.23. The van der Waals surface area contributed by atoms with Gasteiger partial charge in [0.2, 0.25) is 0 Å². The molecule has 1 aliphatic heterocycles. The SMILES string of the molecule is CCOC(=O)c1coc(N2CCC(C(=O)O)CC2)n1. The van der Waals surface area contributed by atoms with Gasteiger partial charge in [0, 0.05) is 13.1 Å². The van der Waals surface area contributed by atoms with E-state index in [-0.39, 0.29) is 18.2 Å². The monoisotopic (exact) mass is 268 g/mol. The third-order valence-electron chi connectivity index (χ3n) is 3.09. The number of esters is 1. The Morgan fingerprint density at radius 3 is 2.79 bits per heavy atom. The number of aliphatic carboxylic acids is 1. The Morgan fingerprint density at radius 2 is 2.21 bits per heavy atom. The largest absolute Gasteiger partial charge is 0.481 e. The predicted molar refractivity (Wildman–Crippen MR) is 65.0 cm³/mol. The van der Waals surface area contributed by atoms with E-state index in [2.05, 4.69) is 4.98 Å². The van der Waals surface area contributed by atoms with E-state index in [1.807, 2.05) is 4.90 Å². The molecule has 1 saturated heterocycles. The molecule has 1 aliphatic rings. The Kier molecular flexibility index (Phi) is 4.03. The lowest BCUT2D eigenvalue weighted by Crippen LogP contribution is -2.36. The molecule has 0 unspecified atom stereocenters. The van der Waals surface area contributed by atoms with Crippen LogP contribution in [0.1, 0.15) is 30.3 Å². The molecule has 0 bridgehead atoms. The average molecular weight is 268 g/mol. The summed E-state index contributed by atoms with van der Waals surface area (Å²) in [6, 6.07) is 0.340. The van der Waals surface area contributed by atoms with Crippen LogP contribution in [0.15, 0.2) is 10.7 Å². The van der Waals surface area contributed by atoms with Crippen LogP contribution in [0.25, 0.3) is 0 Å². The highest BCUT2D eigenvalue weighted by Gasteiger charge is 2.27. The van der Waals surface area contributed by atoms with Crippen LogP contribution in [0.2, 0.25) is 0 Å². The van der Waals surface area contributed by atoms with Gasteiger partial charge in [-0.3, -0.25) is 4.79 Å². The molecular weight excluding hydrogens is 252 g/mol. The lowest BCUT2D eigenvalue weighted by Gasteiger charge is -2.28. The molecule has 1 fully saturated rings. The van der Waals surface area contributed by atoms with Crippen molar-refractivity contribution >= 4 is 18.0 Å². The van der Waals surface area contributed by atoms with E-state index < -0.39 is 11.9 Å². The maximum absolute atomic E-state index is 11.4. The number of oxazole rings is 1. The van der Waals surface area contributed by atoms with Crippen LogP contribution >= 0.6 is 0 Å². The van der Waals surface area contributed by atoms with Crippen molar-refractivity contribution in [1.29, 1.82) is 0 Å². The number of carboxylic acids is 1.